The molecular weight excluding hydrogens is 337 g/mol. The molecule has 0 radical (unpaired) electrons. The molecule has 1 aliphatic rings. The van der Waals surface area contributed by atoms with E-state index < -0.39 is 0 Å². The molecule has 5 nitrogen and oxygen atoms in total. The Balaban J connectivity index is 1.45. The van der Waals surface area contributed by atoms with Gasteiger partial charge in [0, 0.05) is 31.3 Å². The maximum absolute atomic E-state index is 13.0. The van der Waals surface area contributed by atoms with Gasteiger partial charge < -0.3 is 4.98 Å². The van der Waals surface area contributed by atoms with Crippen molar-refractivity contribution < 1.29 is 4.39 Å². The van der Waals surface area contributed by atoms with Gasteiger partial charge in [-0.3, -0.25) is 4.90 Å². The number of hydrogen-bond acceptors (Lipinski definition) is 5. The van der Waals surface area contributed by atoms with E-state index in [9.17, 15) is 4.39 Å². The number of nitrogens with one attached hydrogen (secondary N) is 1. The third-order valence-corrected chi connectivity index (χ3v) is 4.89. The number of fused-ring (bicyclic) bond motifs is 1. The molecule has 3 heterocycles. The van der Waals surface area contributed by atoms with E-state index >= 15 is 0 Å². The molecule has 0 amide bonds. The van der Waals surface area contributed by atoms with Gasteiger partial charge in [-0.15, -0.1) is 0 Å². The SMILES string of the molecule is CSc1ncc2c(n1)CCN(Cc1ncc(-c3ccc(F)cc3)[nH]1)C2. The van der Waals surface area contributed by atoms with Crippen molar-refractivity contribution in [2.75, 3.05) is 12.8 Å². The van der Waals surface area contributed by atoms with Crippen molar-refractivity contribution >= 4 is 11.8 Å². The largest absolute Gasteiger partial charge is 0.341 e. The first-order valence-corrected chi connectivity index (χ1v) is 9.34. The van der Waals surface area contributed by atoms with Crippen molar-refractivity contribution in [3.8, 4) is 11.3 Å². The summed E-state index contributed by atoms with van der Waals surface area (Å²) in [4.78, 5) is 19.1. The van der Waals surface area contributed by atoms with Gasteiger partial charge in [0.2, 0.25) is 0 Å². The molecule has 0 fully saturated rings. The molecular formula is C18H18FN5S. The smallest absolute Gasteiger partial charge is 0.187 e. The highest BCUT2D eigenvalue weighted by Crippen LogP contribution is 2.22. The fraction of sp³-hybridized carbons (Fsp3) is 0.278. The number of aromatic amines is 1. The second-order valence-electron chi connectivity index (χ2n) is 6.04. The molecule has 1 aliphatic heterocycles. The summed E-state index contributed by atoms with van der Waals surface area (Å²) in [6.07, 6.45) is 6.66. The lowest BCUT2D eigenvalue weighted by molar-refractivity contribution is 0.237. The van der Waals surface area contributed by atoms with Crippen LogP contribution in [0.2, 0.25) is 0 Å². The number of H-pyrrole nitrogens is 1. The van der Waals surface area contributed by atoms with E-state index in [0.717, 1.165) is 54.0 Å². The van der Waals surface area contributed by atoms with Crippen LogP contribution in [0.15, 0.2) is 41.8 Å². The molecule has 0 saturated heterocycles. The van der Waals surface area contributed by atoms with Gasteiger partial charge in [0.25, 0.3) is 0 Å². The third-order valence-electron chi connectivity index (χ3n) is 4.33. The van der Waals surface area contributed by atoms with E-state index in [2.05, 4.69) is 24.8 Å². The second kappa shape index (κ2) is 6.93. The highest BCUT2D eigenvalue weighted by Gasteiger charge is 2.19. The molecule has 0 bridgehead atoms. The van der Waals surface area contributed by atoms with E-state index in [1.807, 2.05) is 12.5 Å². The van der Waals surface area contributed by atoms with Crippen LogP contribution in [0.1, 0.15) is 17.1 Å². The summed E-state index contributed by atoms with van der Waals surface area (Å²) in [7, 11) is 0. The highest BCUT2D eigenvalue weighted by atomic mass is 32.2. The Morgan fingerprint density at radius 3 is 2.84 bits per heavy atom. The van der Waals surface area contributed by atoms with Gasteiger partial charge in [-0.05, 0) is 36.1 Å². The van der Waals surface area contributed by atoms with Gasteiger partial charge in [-0.2, -0.15) is 0 Å². The normalized spacial score (nSPS) is 14.5. The molecule has 0 aliphatic carbocycles. The van der Waals surface area contributed by atoms with Gasteiger partial charge >= 0.3 is 0 Å². The first kappa shape index (κ1) is 16.2. The summed E-state index contributed by atoms with van der Waals surface area (Å²) in [6.45, 7) is 2.52. The van der Waals surface area contributed by atoms with Crippen molar-refractivity contribution in [2.45, 2.75) is 24.7 Å². The Morgan fingerprint density at radius 1 is 1.20 bits per heavy atom. The number of benzene rings is 1. The number of rotatable bonds is 4. The summed E-state index contributed by atoms with van der Waals surface area (Å²) in [6, 6.07) is 6.43. The van der Waals surface area contributed by atoms with Gasteiger partial charge in [0.05, 0.1) is 24.1 Å². The lowest BCUT2D eigenvalue weighted by Crippen LogP contribution is -2.31. The van der Waals surface area contributed by atoms with Crippen molar-refractivity contribution in [3.63, 3.8) is 0 Å². The molecule has 7 heteroatoms. The Kier molecular flexibility index (Phi) is 4.50. The zero-order valence-corrected chi connectivity index (χ0v) is 14.7. The number of aromatic nitrogens is 4. The minimum atomic E-state index is -0.234. The van der Waals surface area contributed by atoms with Crippen molar-refractivity contribution in [3.05, 3.63) is 59.6 Å². The first-order chi connectivity index (χ1) is 12.2. The summed E-state index contributed by atoms with van der Waals surface area (Å²) >= 11 is 1.57. The monoisotopic (exact) mass is 355 g/mol. The van der Waals surface area contributed by atoms with Crippen LogP contribution < -0.4 is 0 Å². The lowest BCUT2D eigenvalue weighted by Gasteiger charge is -2.27. The average Bonchev–Trinajstić information content (AvgIpc) is 3.10. The second-order valence-corrected chi connectivity index (χ2v) is 6.81. The van der Waals surface area contributed by atoms with Crippen LogP contribution in [-0.2, 0) is 19.5 Å². The quantitative estimate of drug-likeness (QED) is 0.575. The summed E-state index contributed by atoms with van der Waals surface area (Å²) in [5, 5.41) is 0.835. The van der Waals surface area contributed by atoms with Crippen LogP contribution in [-0.4, -0.2) is 37.6 Å². The van der Waals surface area contributed by atoms with Crippen LogP contribution in [0.4, 0.5) is 4.39 Å². The summed E-state index contributed by atoms with van der Waals surface area (Å²) < 4.78 is 13.0. The molecule has 3 aromatic rings. The predicted octanol–water partition coefficient (Wildman–Crippen LogP) is 3.29. The third kappa shape index (κ3) is 3.57. The van der Waals surface area contributed by atoms with E-state index in [1.165, 1.54) is 17.7 Å². The number of hydrogen-bond donors (Lipinski definition) is 1. The molecule has 0 spiro atoms. The van der Waals surface area contributed by atoms with Crippen LogP contribution in [0, 0.1) is 5.82 Å². The fourth-order valence-electron chi connectivity index (χ4n) is 3.02. The Bertz CT molecular complexity index is 877. The lowest BCUT2D eigenvalue weighted by atomic mass is 10.1. The summed E-state index contributed by atoms with van der Waals surface area (Å²) in [5.41, 5.74) is 4.18. The number of thioether (sulfide) groups is 1. The first-order valence-electron chi connectivity index (χ1n) is 8.12. The molecule has 4 rings (SSSR count). The maximum Gasteiger partial charge on any atom is 0.187 e. The van der Waals surface area contributed by atoms with E-state index in [1.54, 1.807) is 30.1 Å². The summed E-state index contributed by atoms with van der Waals surface area (Å²) in [5.74, 6) is 0.673. The molecule has 0 saturated carbocycles. The Morgan fingerprint density at radius 2 is 2.04 bits per heavy atom. The number of halogens is 1. The van der Waals surface area contributed by atoms with E-state index in [0.29, 0.717) is 0 Å². The zero-order chi connectivity index (χ0) is 17.2. The molecule has 25 heavy (non-hydrogen) atoms. The zero-order valence-electron chi connectivity index (χ0n) is 13.9. The van der Waals surface area contributed by atoms with E-state index in [-0.39, 0.29) is 5.82 Å². The fourth-order valence-corrected chi connectivity index (χ4v) is 3.38. The molecule has 128 valence electrons. The minimum Gasteiger partial charge on any atom is -0.341 e. The predicted molar refractivity (Wildman–Crippen MR) is 95.6 cm³/mol. The minimum absolute atomic E-state index is 0.234. The standard InChI is InChI=1S/C18H18FN5S/c1-25-18-21-8-13-10-24(7-6-15(13)23-18)11-17-20-9-16(22-17)12-2-4-14(19)5-3-12/h2-5,8-9H,6-7,10-11H2,1H3,(H,20,22). The van der Waals surface area contributed by atoms with E-state index in [4.69, 9.17) is 0 Å². The Hall–Kier alpha value is -2.25. The van der Waals surface area contributed by atoms with Crippen molar-refractivity contribution in [1.29, 1.82) is 0 Å². The number of imidazole rings is 1. The van der Waals surface area contributed by atoms with Gasteiger partial charge in [-0.25, -0.2) is 19.3 Å². The Labute approximate surface area is 149 Å². The van der Waals surface area contributed by atoms with Crippen molar-refractivity contribution in [1.82, 2.24) is 24.8 Å². The molecule has 1 N–H and O–H groups in total. The maximum atomic E-state index is 13.0. The van der Waals surface area contributed by atoms with Gasteiger partial charge in [0.15, 0.2) is 5.16 Å². The van der Waals surface area contributed by atoms with Crippen LogP contribution in [0.25, 0.3) is 11.3 Å². The van der Waals surface area contributed by atoms with Crippen LogP contribution >= 0.6 is 11.8 Å². The van der Waals surface area contributed by atoms with Crippen LogP contribution in [0.3, 0.4) is 0 Å². The van der Waals surface area contributed by atoms with Crippen molar-refractivity contribution in [2.24, 2.45) is 0 Å². The van der Waals surface area contributed by atoms with Crippen LogP contribution in [0.5, 0.6) is 0 Å². The number of nitrogens with zero attached hydrogens (tertiary/aromatic N) is 4. The molecule has 0 atom stereocenters. The van der Waals surface area contributed by atoms with Gasteiger partial charge in [-0.1, -0.05) is 11.8 Å². The average molecular weight is 355 g/mol. The highest BCUT2D eigenvalue weighted by molar-refractivity contribution is 7.98. The topological polar surface area (TPSA) is 57.7 Å². The van der Waals surface area contributed by atoms with Gasteiger partial charge in [0.1, 0.15) is 11.6 Å². The molecule has 0 unspecified atom stereocenters. The molecule has 2 aromatic heterocycles. The molecule has 1 aromatic carbocycles.